The quantitative estimate of drug-likeness (QED) is 0.813. The summed E-state index contributed by atoms with van der Waals surface area (Å²) in [7, 11) is 1.50. The summed E-state index contributed by atoms with van der Waals surface area (Å²) in [5.74, 6) is 0.292. The van der Waals surface area contributed by atoms with Crippen LogP contribution in [0.5, 0.6) is 11.5 Å². The van der Waals surface area contributed by atoms with Crippen molar-refractivity contribution in [3.8, 4) is 11.5 Å². The smallest absolute Gasteiger partial charge is 0.163 e. The Kier molecular flexibility index (Phi) is 2.93. The van der Waals surface area contributed by atoms with Gasteiger partial charge in [0.05, 0.1) is 17.1 Å². The molecule has 0 aliphatic carbocycles. The molecule has 0 spiro atoms. The number of hydrogen-bond donors (Lipinski definition) is 1. The molecule has 1 aromatic carbocycles. The second-order valence-corrected chi connectivity index (χ2v) is 3.42. The predicted molar refractivity (Wildman–Crippen MR) is 52.4 cm³/mol. The molecule has 13 heavy (non-hydrogen) atoms. The number of Topliss-reactive ketones (excluding diaryl/α,β-unsaturated/α-hetero) is 1. The molecular formula is C9H9BrO3. The fourth-order valence-corrected chi connectivity index (χ4v) is 1.40. The highest BCUT2D eigenvalue weighted by molar-refractivity contribution is 9.10. The average Bonchev–Trinajstić information content (AvgIpc) is 2.09. The molecule has 0 saturated heterocycles. The van der Waals surface area contributed by atoms with E-state index >= 15 is 0 Å². The molecule has 0 amide bonds. The Hall–Kier alpha value is -1.03. The molecule has 0 atom stereocenters. The standard InChI is InChI=1S/C9H9BrO3/c1-5(11)7-3-6(13-2)4-8(10)9(7)12/h3-4,12H,1-2H3. The van der Waals surface area contributed by atoms with Crippen molar-refractivity contribution in [1.82, 2.24) is 0 Å². The number of rotatable bonds is 2. The predicted octanol–water partition coefficient (Wildman–Crippen LogP) is 2.37. The molecule has 0 radical (unpaired) electrons. The van der Waals surface area contributed by atoms with Crippen molar-refractivity contribution in [2.45, 2.75) is 6.92 Å². The Morgan fingerprint density at radius 1 is 1.54 bits per heavy atom. The number of ether oxygens (including phenoxy) is 1. The summed E-state index contributed by atoms with van der Waals surface area (Å²) in [5.41, 5.74) is 0.256. The summed E-state index contributed by atoms with van der Waals surface area (Å²) in [5, 5.41) is 9.46. The lowest BCUT2D eigenvalue weighted by molar-refractivity contribution is 0.101. The van der Waals surface area contributed by atoms with Gasteiger partial charge in [-0.2, -0.15) is 0 Å². The van der Waals surface area contributed by atoms with Gasteiger partial charge in [-0.05, 0) is 35.0 Å². The van der Waals surface area contributed by atoms with Crippen molar-refractivity contribution in [3.63, 3.8) is 0 Å². The van der Waals surface area contributed by atoms with Gasteiger partial charge in [-0.25, -0.2) is 0 Å². The summed E-state index contributed by atoms with van der Waals surface area (Å²) in [6.07, 6.45) is 0. The molecule has 0 aromatic heterocycles. The summed E-state index contributed by atoms with van der Waals surface area (Å²) in [6.45, 7) is 1.39. The van der Waals surface area contributed by atoms with Crippen molar-refractivity contribution >= 4 is 21.7 Å². The number of aromatic hydroxyl groups is 1. The maximum atomic E-state index is 11.1. The van der Waals surface area contributed by atoms with E-state index in [-0.39, 0.29) is 17.1 Å². The van der Waals surface area contributed by atoms with Crippen LogP contribution in [0.25, 0.3) is 0 Å². The van der Waals surface area contributed by atoms with Crippen molar-refractivity contribution in [1.29, 1.82) is 0 Å². The maximum Gasteiger partial charge on any atom is 0.163 e. The molecule has 4 heteroatoms. The fourth-order valence-electron chi connectivity index (χ4n) is 0.960. The van der Waals surface area contributed by atoms with E-state index in [1.54, 1.807) is 6.07 Å². The van der Waals surface area contributed by atoms with Gasteiger partial charge >= 0.3 is 0 Å². The highest BCUT2D eigenvalue weighted by Gasteiger charge is 2.11. The van der Waals surface area contributed by atoms with Gasteiger partial charge in [-0.15, -0.1) is 0 Å². The number of methoxy groups -OCH3 is 1. The number of phenols is 1. The van der Waals surface area contributed by atoms with E-state index < -0.39 is 0 Å². The maximum absolute atomic E-state index is 11.1. The van der Waals surface area contributed by atoms with Gasteiger partial charge in [-0.1, -0.05) is 0 Å². The van der Waals surface area contributed by atoms with Gasteiger partial charge in [0, 0.05) is 0 Å². The van der Waals surface area contributed by atoms with Gasteiger partial charge in [0.2, 0.25) is 0 Å². The fraction of sp³-hybridized carbons (Fsp3) is 0.222. The van der Waals surface area contributed by atoms with E-state index in [1.165, 1.54) is 20.1 Å². The van der Waals surface area contributed by atoms with Crippen LogP contribution in [0.15, 0.2) is 16.6 Å². The molecule has 3 nitrogen and oxygen atoms in total. The molecule has 70 valence electrons. The Bertz CT molecular complexity index is 347. The van der Waals surface area contributed by atoms with E-state index in [2.05, 4.69) is 15.9 Å². The van der Waals surface area contributed by atoms with Gasteiger partial charge in [0.1, 0.15) is 11.5 Å². The van der Waals surface area contributed by atoms with E-state index in [0.29, 0.717) is 10.2 Å². The summed E-state index contributed by atoms with van der Waals surface area (Å²) >= 11 is 3.12. The van der Waals surface area contributed by atoms with Gasteiger partial charge < -0.3 is 9.84 Å². The lowest BCUT2D eigenvalue weighted by atomic mass is 10.1. The normalized spacial score (nSPS) is 9.77. The zero-order chi connectivity index (χ0) is 10.0. The van der Waals surface area contributed by atoms with Crippen LogP contribution < -0.4 is 4.74 Å². The van der Waals surface area contributed by atoms with Crippen LogP contribution in [0.4, 0.5) is 0 Å². The molecule has 0 bridgehead atoms. The second-order valence-electron chi connectivity index (χ2n) is 2.56. The molecule has 0 unspecified atom stereocenters. The monoisotopic (exact) mass is 244 g/mol. The Morgan fingerprint density at radius 2 is 2.15 bits per heavy atom. The second kappa shape index (κ2) is 3.79. The third-order valence-corrected chi connectivity index (χ3v) is 2.26. The van der Waals surface area contributed by atoms with Gasteiger partial charge in [0.25, 0.3) is 0 Å². The molecule has 1 N–H and O–H groups in total. The first-order chi connectivity index (χ1) is 6.06. The van der Waals surface area contributed by atoms with Crippen LogP contribution in [-0.2, 0) is 0 Å². The van der Waals surface area contributed by atoms with Crippen LogP contribution in [-0.4, -0.2) is 18.0 Å². The molecule has 1 rings (SSSR count). The Balaban J connectivity index is 3.33. The van der Waals surface area contributed by atoms with Crippen molar-refractivity contribution < 1.29 is 14.6 Å². The highest BCUT2D eigenvalue weighted by atomic mass is 79.9. The van der Waals surface area contributed by atoms with Crippen LogP contribution in [0.1, 0.15) is 17.3 Å². The summed E-state index contributed by atoms with van der Waals surface area (Å²) < 4.78 is 5.40. The minimum atomic E-state index is -0.197. The topological polar surface area (TPSA) is 46.5 Å². The Morgan fingerprint density at radius 3 is 2.62 bits per heavy atom. The molecule has 0 saturated carbocycles. The Labute approximate surface area is 84.5 Å². The molecule has 0 aliphatic rings. The largest absolute Gasteiger partial charge is 0.506 e. The highest BCUT2D eigenvalue weighted by Crippen LogP contribution is 2.32. The zero-order valence-electron chi connectivity index (χ0n) is 7.30. The molecule has 0 heterocycles. The number of carbonyl (C=O) groups is 1. The third-order valence-electron chi connectivity index (χ3n) is 1.65. The van der Waals surface area contributed by atoms with E-state index in [0.717, 1.165) is 0 Å². The van der Waals surface area contributed by atoms with Crippen molar-refractivity contribution in [2.24, 2.45) is 0 Å². The lowest BCUT2D eigenvalue weighted by Crippen LogP contribution is -1.94. The minimum Gasteiger partial charge on any atom is -0.506 e. The number of halogens is 1. The zero-order valence-corrected chi connectivity index (χ0v) is 8.88. The molecule has 0 aliphatic heterocycles. The van der Waals surface area contributed by atoms with Crippen LogP contribution in [0.2, 0.25) is 0 Å². The summed E-state index contributed by atoms with van der Waals surface area (Å²) in [4.78, 5) is 11.1. The molecular weight excluding hydrogens is 236 g/mol. The number of phenolic OH excluding ortho intramolecular Hbond substituents is 1. The number of hydrogen-bond acceptors (Lipinski definition) is 3. The van der Waals surface area contributed by atoms with Gasteiger partial charge in [0.15, 0.2) is 5.78 Å². The number of carbonyl (C=O) groups excluding carboxylic acids is 1. The van der Waals surface area contributed by atoms with E-state index in [9.17, 15) is 9.90 Å². The SMILES string of the molecule is COc1cc(Br)c(O)c(C(C)=O)c1. The van der Waals surface area contributed by atoms with Crippen molar-refractivity contribution in [3.05, 3.63) is 22.2 Å². The first-order valence-corrected chi connectivity index (χ1v) is 4.43. The summed E-state index contributed by atoms with van der Waals surface area (Å²) in [6, 6.07) is 3.10. The number of benzene rings is 1. The molecule has 1 aromatic rings. The van der Waals surface area contributed by atoms with Crippen LogP contribution in [0.3, 0.4) is 0 Å². The van der Waals surface area contributed by atoms with Crippen LogP contribution >= 0.6 is 15.9 Å². The van der Waals surface area contributed by atoms with E-state index in [4.69, 9.17) is 4.74 Å². The average molecular weight is 245 g/mol. The van der Waals surface area contributed by atoms with Gasteiger partial charge in [-0.3, -0.25) is 4.79 Å². The third kappa shape index (κ3) is 2.01. The van der Waals surface area contributed by atoms with E-state index in [1.807, 2.05) is 0 Å². The first kappa shape index (κ1) is 10.1. The van der Waals surface area contributed by atoms with Crippen molar-refractivity contribution in [2.75, 3.05) is 7.11 Å². The first-order valence-electron chi connectivity index (χ1n) is 3.63. The minimum absolute atomic E-state index is 0.0479. The lowest BCUT2D eigenvalue weighted by Gasteiger charge is -2.06. The number of ketones is 1. The molecule has 0 fully saturated rings. The van der Waals surface area contributed by atoms with Crippen LogP contribution in [0, 0.1) is 0 Å².